The lowest BCUT2D eigenvalue weighted by atomic mass is 10.1. The highest BCUT2D eigenvalue weighted by Gasteiger charge is 2.31. The van der Waals surface area contributed by atoms with Crippen molar-refractivity contribution in [2.45, 2.75) is 0 Å². The number of nitrogen functional groups attached to an aromatic ring is 1. The molecule has 4 rings (SSSR count). The van der Waals surface area contributed by atoms with Gasteiger partial charge in [0.15, 0.2) is 10.8 Å². The third-order valence-corrected chi connectivity index (χ3v) is 5.18. The number of hydrogen-bond donors (Lipinski definition) is 1. The Morgan fingerprint density at radius 1 is 1.03 bits per heavy atom. The van der Waals surface area contributed by atoms with E-state index in [2.05, 4.69) is 10.1 Å². The minimum atomic E-state index is -0.698. The van der Waals surface area contributed by atoms with Gasteiger partial charge < -0.3 is 15.2 Å². The van der Waals surface area contributed by atoms with Crippen molar-refractivity contribution in [1.82, 2.24) is 14.8 Å². The molecule has 2 heterocycles. The number of para-hydroxylation sites is 1. The second-order valence-corrected chi connectivity index (χ2v) is 7.10. The van der Waals surface area contributed by atoms with Crippen molar-refractivity contribution < 1.29 is 19.1 Å². The highest BCUT2D eigenvalue weighted by Crippen LogP contribution is 2.33. The standard InChI is InChI=1S/C20H16N4O4S/c1-27-18(25)15-16(11-8-9-13-14(10-11)29-20(21)22-13)23-24(17(15)19(26)28-2)12-6-4-3-5-7-12/h3-10H,1-2H3,(H2,21,22). The molecule has 0 radical (unpaired) electrons. The number of ether oxygens (including phenoxy) is 2. The Balaban J connectivity index is 2.02. The molecule has 2 N–H and O–H groups in total. The first-order valence-corrected chi connectivity index (χ1v) is 9.36. The molecule has 0 atom stereocenters. The molecule has 0 spiro atoms. The summed E-state index contributed by atoms with van der Waals surface area (Å²) in [5.41, 5.74) is 8.08. The third kappa shape index (κ3) is 3.21. The Hall–Kier alpha value is -3.72. The van der Waals surface area contributed by atoms with Gasteiger partial charge in [-0.25, -0.2) is 19.3 Å². The van der Waals surface area contributed by atoms with E-state index in [9.17, 15) is 9.59 Å². The van der Waals surface area contributed by atoms with Crippen LogP contribution < -0.4 is 5.73 Å². The first kappa shape index (κ1) is 18.6. The lowest BCUT2D eigenvalue weighted by Crippen LogP contribution is -2.15. The monoisotopic (exact) mass is 408 g/mol. The topological polar surface area (TPSA) is 109 Å². The van der Waals surface area contributed by atoms with Crippen LogP contribution >= 0.6 is 11.3 Å². The molecule has 8 nitrogen and oxygen atoms in total. The van der Waals surface area contributed by atoms with Crippen LogP contribution in [0.1, 0.15) is 20.8 Å². The molecule has 29 heavy (non-hydrogen) atoms. The molecule has 0 unspecified atom stereocenters. The maximum atomic E-state index is 12.6. The zero-order valence-electron chi connectivity index (χ0n) is 15.6. The minimum Gasteiger partial charge on any atom is -0.465 e. The summed E-state index contributed by atoms with van der Waals surface area (Å²) in [6.45, 7) is 0. The van der Waals surface area contributed by atoms with Crippen LogP contribution in [0.25, 0.3) is 27.2 Å². The Morgan fingerprint density at radius 3 is 2.45 bits per heavy atom. The summed E-state index contributed by atoms with van der Waals surface area (Å²) in [5.74, 6) is -1.39. The van der Waals surface area contributed by atoms with E-state index >= 15 is 0 Å². The van der Waals surface area contributed by atoms with Gasteiger partial charge in [-0.05, 0) is 24.3 Å². The molecule has 2 aromatic carbocycles. The number of methoxy groups -OCH3 is 2. The smallest absolute Gasteiger partial charge is 0.357 e. The van der Waals surface area contributed by atoms with Crippen molar-refractivity contribution in [1.29, 1.82) is 0 Å². The van der Waals surface area contributed by atoms with Crippen LogP contribution in [0.5, 0.6) is 0 Å². The predicted octanol–water partition coefficient (Wildman–Crippen LogP) is 3.30. The van der Waals surface area contributed by atoms with Crippen LogP contribution in [0.3, 0.4) is 0 Å². The highest BCUT2D eigenvalue weighted by atomic mass is 32.1. The Morgan fingerprint density at radius 2 is 1.76 bits per heavy atom. The molecule has 0 fully saturated rings. The van der Waals surface area contributed by atoms with Crippen molar-refractivity contribution in [3.05, 3.63) is 59.8 Å². The fraction of sp³-hybridized carbons (Fsp3) is 0.100. The van der Waals surface area contributed by atoms with Gasteiger partial charge in [-0.2, -0.15) is 5.10 Å². The summed E-state index contributed by atoms with van der Waals surface area (Å²) in [7, 11) is 2.50. The van der Waals surface area contributed by atoms with E-state index in [4.69, 9.17) is 15.2 Å². The number of carbonyl (C=O) groups is 2. The zero-order chi connectivity index (χ0) is 20.5. The maximum Gasteiger partial charge on any atom is 0.357 e. The molecule has 9 heteroatoms. The number of hydrogen-bond acceptors (Lipinski definition) is 8. The summed E-state index contributed by atoms with van der Waals surface area (Å²) in [6.07, 6.45) is 0. The van der Waals surface area contributed by atoms with E-state index in [0.29, 0.717) is 22.1 Å². The average molecular weight is 408 g/mol. The van der Waals surface area contributed by atoms with E-state index in [0.717, 1.165) is 10.2 Å². The van der Waals surface area contributed by atoms with E-state index in [-0.39, 0.29) is 11.3 Å². The van der Waals surface area contributed by atoms with Gasteiger partial charge in [-0.15, -0.1) is 0 Å². The molecule has 2 aromatic heterocycles. The zero-order valence-corrected chi connectivity index (χ0v) is 16.4. The lowest BCUT2D eigenvalue weighted by Gasteiger charge is -2.07. The van der Waals surface area contributed by atoms with Crippen LogP contribution in [-0.4, -0.2) is 40.9 Å². The largest absolute Gasteiger partial charge is 0.465 e. The highest BCUT2D eigenvalue weighted by molar-refractivity contribution is 7.22. The fourth-order valence-electron chi connectivity index (χ4n) is 3.05. The van der Waals surface area contributed by atoms with Crippen molar-refractivity contribution in [3.63, 3.8) is 0 Å². The summed E-state index contributed by atoms with van der Waals surface area (Å²) < 4.78 is 12.1. The molecule has 146 valence electrons. The Kier molecular flexibility index (Phi) is 4.73. The predicted molar refractivity (Wildman–Crippen MR) is 109 cm³/mol. The molecule has 4 aromatic rings. The molecular formula is C20H16N4O4S. The van der Waals surface area contributed by atoms with Crippen molar-refractivity contribution in [3.8, 4) is 16.9 Å². The lowest BCUT2D eigenvalue weighted by molar-refractivity contribution is 0.0549. The van der Waals surface area contributed by atoms with Crippen LogP contribution in [0.2, 0.25) is 0 Å². The number of rotatable bonds is 4. The molecule has 0 aliphatic carbocycles. The number of carbonyl (C=O) groups excluding carboxylic acids is 2. The molecule has 0 aliphatic rings. The quantitative estimate of drug-likeness (QED) is 0.516. The molecule has 0 saturated heterocycles. The van der Waals surface area contributed by atoms with Crippen LogP contribution in [0, 0.1) is 0 Å². The van der Waals surface area contributed by atoms with Gasteiger partial charge in [-0.1, -0.05) is 35.6 Å². The first-order chi connectivity index (χ1) is 14.0. The minimum absolute atomic E-state index is 0.00975. The Labute approximate surface area is 169 Å². The average Bonchev–Trinajstić information content (AvgIpc) is 3.32. The fourth-order valence-corrected chi connectivity index (χ4v) is 3.82. The second kappa shape index (κ2) is 7.36. The van der Waals surface area contributed by atoms with E-state index < -0.39 is 11.9 Å². The van der Waals surface area contributed by atoms with Gasteiger partial charge in [0.1, 0.15) is 11.3 Å². The van der Waals surface area contributed by atoms with Crippen LogP contribution in [-0.2, 0) is 9.47 Å². The van der Waals surface area contributed by atoms with Gasteiger partial charge in [0.25, 0.3) is 0 Å². The number of thiazole rings is 1. The number of fused-ring (bicyclic) bond motifs is 1. The van der Waals surface area contributed by atoms with Gasteiger partial charge in [0, 0.05) is 5.56 Å². The molecule has 0 saturated carbocycles. The number of benzene rings is 2. The van der Waals surface area contributed by atoms with Gasteiger partial charge in [0.2, 0.25) is 0 Å². The summed E-state index contributed by atoms with van der Waals surface area (Å²) in [5, 5.41) is 5.01. The van der Waals surface area contributed by atoms with E-state index in [1.165, 1.54) is 30.2 Å². The van der Waals surface area contributed by atoms with Crippen molar-refractivity contribution in [2.24, 2.45) is 0 Å². The van der Waals surface area contributed by atoms with Crippen LogP contribution in [0.4, 0.5) is 5.13 Å². The number of esters is 2. The SMILES string of the molecule is COC(=O)c1c(-c2ccc3nc(N)sc3c2)nn(-c2ccccc2)c1C(=O)OC. The Bertz CT molecular complexity index is 1230. The third-order valence-electron chi connectivity index (χ3n) is 4.33. The maximum absolute atomic E-state index is 12.6. The van der Waals surface area contributed by atoms with E-state index in [1.54, 1.807) is 24.3 Å². The number of nitrogens with two attached hydrogens (primary N) is 1. The first-order valence-electron chi connectivity index (χ1n) is 8.55. The van der Waals surface area contributed by atoms with Gasteiger partial charge in [0.05, 0.1) is 30.1 Å². The van der Waals surface area contributed by atoms with Gasteiger partial charge >= 0.3 is 11.9 Å². The summed E-state index contributed by atoms with van der Waals surface area (Å²) in [6, 6.07) is 14.4. The summed E-state index contributed by atoms with van der Waals surface area (Å²) in [4.78, 5) is 29.5. The normalized spacial score (nSPS) is 10.8. The van der Waals surface area contributed by atoms with Crippen LogP contribution in [0.15, 0.2) is 48.5 Å². The summed E-state index contributed by atoms with van der Waals surface area (Å²) >= 11 is 1.32. The molecule has 0 aliphatic heterocycles. The number of nitrogens with zero attached hydrogens (tertiary/aromatic N) is 3. The number of anilines is 1. The van der Waals surface area contributed by atoms with E-state index in [1.807, 2.05) is 24.3 Å². The second-order valence-electron chi connectivity index (χ2n) is 6.04. The molecule has 0 bridgehead atoms. The molecular weight excluding hydrogens is 392 g/mol. The van der Waals surface area contributed by atoms with Crippen molar-refractivity contribution >= 4 is 38.6 Å². The number of aromatic nitrogens is 3. The van der Waals surface area contributed by atoms with Gasteiger partial charge in [-0.3, -0.25) is 0 Å². The molecule has 0 amide bonds. The van der Waals surface area contributed by atoms with Crippen molar-refractivity contribution in [2.75, 3.05) is 20.0 Å².